The van der Waals surface area contributed by atoms with Crippen molar-refractivity contribution in [1.29, 1.82) is 0 Å². The Morgan fingerprint density at radius 2 is 1.64 bits per heavy atom. The molecule has 0 fully saturated rings. The fourth-order valence-corrected chi connectivity index (χ4v) is 3.91. The zero-order valence-corrected chi connectivity index (χ0v) is 14.5. The van der Waals surface area contributed by atoms with Crippen LogP contribution in [0.1, 0.15) is 5.56 Å². The summed E-state index contributed by atoms with van der Waals surface area (Å²) in [6, 6.07) is 17.0. The molecule has 2 aromatic rings. The van der Waals surface area contributed by atoms with Crippen molar-refractivity contribution in [1.82, 2.24) is 4.90 Å². The van der Waals surface area contributed by atoms with Crippen LogP contribution in [-0.4, -0.2) is 38.9 Å². The summed E-state index contributed by atoms with van der Waals surface area (Å²) in [4.78, 5) is 3.67. The standard InChI is InChI=1S/C17H21NO2S2/c1-18(14-15-8-10-16(21-2)11-9-15)12-13-22(19,20)17-6-4-3-5-7-17/h3-11H,12-14H2,1-2H3. The molecule has 0 radical (unpaired) electrons. The molecule has 0 N–H and O–H groups in total. The molecule has 5 heteroatoms. The first kappa shape index (κ1) is 17.1. The van der Waals surface area contributed by atoms with Gasteiger partial charge >= 0.3 is 0 Å². The molecule has 0 aliphatic carbocycles. The number of rotatable bonds is 7. The van der Waals surface area contributed by atoms with Crippen LogP contribution in [0.5, 0.6) is 0 Å². The topological polar surface area (TPSA) is 37.4 Å². The third-order valence-corrected chi connectivity index (χ3v) is 5.91. The van der Waals surface area contributed by atoms with Crippen LogP contribution in [0, 0.1) is 0 Å². The van der Waals surface area contributed by atoms with Crippen LogP contribution in [0.4, 0.5) is 0 Å². The SMILES string of the molecule is CSc1ccc(CN(C)CCS(=O)(=O)c2ccccc2)cc1. The molecule has 22 heavy (non-hydrogen) atoms. The Bertz CT molecular complexity index is 682. The maximum atomic E-state index is 12.2. The predicted octanol–water partition coefficient (Wildman–Crippen LogP) is 3.31. The summed E-state index contributed by atoms with van der Waals surface area (Å²) in [7, 11) is -1.26. The summed E-state index contributed by atoms with van der Waals surface area (Å²) in [5.74, 6) is 0.135. The maximum Gasteiger partial charge on any atom is 0.179 e. The maximum absolute atomic E-state index is 12.2. The van der Waals surface area contributed by atoms with Gasteiger partial charge in [-0.25, -0.2) is 8.42 Å². The fraction of sp³-hybridized carbons (Fsp3) is 0.294. The number of hydrogen-bond acceptors (Lipinski definition) is 4. The highest BCUT2D eigenvalue weighted by Crippen LogP contribution is 2.16. The van der Waals surface area contributed by atoms with E-state index in [1.54, 1.807) is 36.0 Å². The first-order valence-electron chi connectivity index (χ1n) is 7.10. The van der Waals surface area contributed by atoms with Gasteiger partial charge in [-0.15, -0.1) is 11.8 Å². The molecule has 0 spiro atoms. The lowest BCUT2D eigenvalue weighted by Crippen LogP contribution is -2.25. The minimum Gasteiger partial charge on any atom is -0.301 e. The molecule has 0 saturated heterocycles. The number of hydrogen-bond donors (Lipinski definition) is 0. The average Bonchev–Trinajstić information content (AvgIpc) is 2.55. The molecule has 0 atom stereocenters. The van der Waals surface area contributed by atoms with E-state index in [0.29, 0.717) is 11.4 Å². The van der Waals surface area contributed by atoms with Crippen molar-refractivity contribution >= 4 is 21.6 Å². The summed E-state index contributed by atoms with van der Waals surface area (Å²) in [6.45, 7) is 1.26. The van der Waals surface area contributed by atoms with Gasteiger partial charge in [-0.3, -0.25) is 0 Å². The smallest absolute Gasteiger partial charge is 0.179 e. The van der Waals surface area contributed by atoms with E-state index in [9.17, 15) is 8.42 Å². The second-order valence-electron chi connectivity index (χ2n) is 5.22. The molecule has 3 nitrogen and oxygen atoms in total. The quantitative estimate of drug-likeness (QED) is 0.728. The van der Waals surface area contributed by atoms with E-state index in [2.05, 4.69) is 30.5 Å². The Kier molecular flexibility index (Phi) is 6.06. The molecule has 0 unspecified atom stereocenters. The summed E-state index contributed by atoms with van der Waals surface area (Å²) in [5.41, 5.74) is 1.19. The Morgan fingerprint density at radius 3 is 2.23 bits per heavy atom. The Morgan fingerprint density at radius 1 is 1.00 bits per heavy atom. The highest BCUT2D eigenvalue weighted by atomic mass is 32.2. The van der Waals surface area contributed by atoms with Gasteiger partial charge in [0.1, 0.15) is 0 Å². The van der Waals surface area contributed by atoms with Gasteiger partial charge in [0.25, 0.3) is 0 Å². The highest BCUT2D eigenvalue weighted by molar-refractivity contribution is 7.98. The summed E-state index contributed by atoms with van der Waals surface area (Å²) >= 11 is 1.71. The molecule has 0 aromatic heterocycles. The zero-order valence-electron chi connectivity index (χ0n) is 12.9. The van der Waals surface area contributed by atoms with Crippen LogP contribution >= 0.6 is 11.8 Å². The zero-order chi connectivity index (χ0) is 16.0. The molecule has 0 aliphatic rings. The first-order chi connectivity index (χ1) is 10.5. The second-order valence-corrected chi connectivity index (χ2v) is 8.21. The van der Waals surface area contributed by atoms with E-state index in [1.807, 2.05) is 18.0 Å². The third-order valence-electron chi connectivity index (χ3n) is 3.46. The van der Waals surface area contributed by atoms with Crippen molar-refractivity contribution < 1.29 is 8.42 Å². The lowest BCUT2D eigenvalue weighted by molar-refractivity contribution is 0.346. The molecule has 0 aliphatic heterocycles. The minimum atomic E-state index is -3.20. The molecule has 2 aromatic carbocycles. The molecule has 2 rings (SSSR count). The lowest BCUT2D eigenvalue weighted by Gasteiger charge is -2.17. The number of nitrogens with zero attached hydrogens (tertiary/aromatic N) is 1. The number of thioether (sulfide) groups is 1. The van der Waals surface area contributed by atoms with Gasteiger partial charge in [0.15, 0.2) is 9.84 Å². The Labute approximate surface area is 137 Å². The normalized spacial score (nSPS) is 11.8. The second kappa shape index (κ2) is 7.81. The third kappa shape index (κ3) is 4.87. The molecule has 0 heterocycles. The highest BCUT2D eigenvalue weighted by Gasteiger charge is 2.14. The van der Waals surface area contributed by atoms with E-state index >= 15 is 0 Å². The van der Waals surface area contributed by atoms with Gasteiger partial charge in [-0.1, -0.05) is 30.3 Å². The van der Waals surface area contributed by atoms with Crippen LogP contribution in [0.25, 0.3) is 0 Å². The monoisotopic (exact) mass is 335 g/mol. The molecule has 0 bridgehead atoms. The number of benzene rings is 2. The van der Waals surface area contributed by atoms with Crippen LogP contribution in [-0.2, 0) is 16.4 Å². The van der Waals surface area contributed by atoms with Gasteiger partial charge < -0.3 is 4.90 Å². The van der Waals surface area contributed by atoms with Crippen molar-refractivity contribution in [2.45, 2.75) is 16.3 Å². The van der Waals surface area contributed by atoms with Gasteiger partial charge in [0, 0.05) is 18.0 Å². The number of sulfone groups is 1. The Hall–Kier alpha value is -1.30. The first-order valence-corrected chi connectivity index (χ1v) is 9.98. The minimum absolute atomic E-state index is 0.135. The molecule has 118 valence electrons. The van der Waals surface area contributed by atoms with Crippen LogP contribution < -0.4 is 0 Å². The Balaban J connectivity index is 1.90. The van der Waals surface area contributed by atoms with E-state index < -0.39 is 9.84 Å². The van der Waals surface area contributed by atoms with Crippen LogP contribution in [0.15, 0.2) is 64.4 Å². The van der Waals surface area contributed by atoms with Crippen molar-refractivity contribution in [2.75, 3.05) is 25.6 Å². The predicted molar refractivity (Wildman–Crippen MR) is 93.1 cm³/mol. The molecular formula is C17H21NO2S2. The van der Waals surface area contributed by atoms with E-state index in [4.69, 9.17) is 0 Å². The van der Waals surface area contributed by atoms with Crippen molar-refractivity contribution in [3.8, 4) is 0 Å². The van der Waals surface area contributed by atoms with Gasteiger partial charge in [0.05, 0.1) is 10.6 Å². The lowest BCUT2D eigenvalue weighted by atomic mass is 10.2. The summed E-state index contributed by atoms with van der Waals surface area (Å²) < 4.78 is 24.5. The van der Waals surface area contributed by atoms with Crippen LogP contribution in [0.2, 0.25) is 0 Å². The average molecular weight is 335 g/mol. The summed E-state index contributed by atoms with van der Waals surface area (Å²) in [5, 5.41) is 0. The van der Waals surface area contributed by atoms with Crippen molar-refractivity contribution in [3.05, 3.63) is 60.2 Å². The van der Waals surface area contributed by atoms with Crippen molar-refractivity contribution in [3.63, 3.8) is 0 Å². The van der Waals surface area contributed by atoms with E-state index in [0.717, 1.165) is 6.54 Å². The van der Waals surface area contributed by atoms with Gasteiger partial charge in [-0.05, 0) is 43.1 Å². The molecule has 0 saturated carbocycles. The molecular weight excluding hydrogens is 314 g/mol. The fourth-order valence-electron chi connectivity index (χ4n) is 2.14. The van der Waals surface area contributed by atoms with Crippen molar-refractivity contribution in [2.24, 2.45) is 0 Å². The van der Waals surface area contributed by atoms with Crippen LogP contribution in [0.3, 0.4) is 0 Å². The van der Waals surface area contributed by atoms with Gasteiger partial charge in [-0.2, -0.15) is 0 Å². The molecule has 0 amide bonds. The van der Waals surface area contributed by atoms with E-state index in [1.165, 1.54) is 10.5 Å². The summed E-state index contributed by atoms with van der Waals surface area (Å²) in [6.07, 6.45) is 2.05. The van der Waals surface area contributed by atoms with E-state index in [-0.39, 0.29) is 5.75 Å². The van der Waals surface area contributed by atoms with Gasteiger partial charge in [0.2, 0.25) is 0 Å². The largest absolute Gasteiger partial charge is 0.301 e.